The van der Waals surface area contributed by atoms with Crippen LogP contribution in [-0.2, 0) is 11.2 Å². The van der Waals surface area contributed by atoms with Gasteiger partial charge in [-0.25, -0.2) is 0 Å². The van der Waals surface area contributed by atoms with E-state index in [1.807, 2.05) is 42.5 Å². The number of methoxy groups -OCH3 is 2. The highest BCUT2D eigenvalue weighted by atomic mass is 16.5. The molecule has 0 aliphatic rings. The summed E-state index contributed by atoms with van der Waals surface area (Å²) < 4.78 is 16.4. The zero-order chi connectivity index (χ0) is 19.8. The lowest BCUT2D eigenvalue weighted by atomic mass is 10.0. The lowest BCUT2D eigenvalue weighted by Crippen LogP contribution is -2.37. The van der Waals surface area contributed by atoms with Gasteiger partial charge in [0.05, 0.1) is 14.2 Å². The molecule has 1 atom stereocenters. The summed E-state index contributed by atoms with van der Waals surface area (Å²) in [6.45, 7) is 6.50. The van der Waals surface area contributed by atoms with Crippen LogP contribution in [0.2, 0.25) is 0 Å². The Morgan fingerprint density at radius 1 is 0.963 bits per heavy atom. The van der Waals surface area contributed by atoms with E-state index in [9.17, 15) is 4.79 Å². The van der Waals surface area contributed by atoms with Crippen molar-refractivity contribution in [3.05, 3.63) is 53.6 Å². The first-order valence-electron chi connectivity index (χ1n) is 9.20. The standard InChI is InChI=1S/C22H29NO4/c1-15(2)18-8-6-7-9-19(18)27-16(3)22(24)23-13-12-17-10-11-20(25-4)21(14-17)26-5/h6-11,14-16H,12-13H2,1-5H3,(H,23,24)/t16-/m0/s1. The van der Waals surface area contributed by atoms with Crippen LogP contribution in [0.5, 0.6) is 17.2 Å². The molecule has 5 heteroatoms. The molecule has 0 heterocycles. The molecule has 0 saturated heterocycles. The van der Waals surface area contributed by atoms with E-state index in [0.29, 0.717) is 30.4 Å². The summed E-state index contributed by atoms with van der Waals surface area (Å²) >= 11 is 0. The van der Waals surface area contributed by atoms with Crippen LogP contribution in [0.1, 0.15) is 37.8 Å². The van der Waals surface area contributed by atoms with Crippen molar-refractivity contribution in [1.29, 1.82) is 0 Å². The molecule has 0 aliphatic heterocycles. The topological polar surface area (TPSA) is 56.8 Å². The average molecular weight is 371 g/mol. The number of carbonyl (C=O) groups is 1. The predicted octanol–water partition coefficient (Wildman–Crippen LogP) is 3.95. The highest BCUT2D eigenvalue weighted by Gasteiger charge is 2.17. The summed E-state index contributed by atoms with van der Waals surface area (Å²) in [5, 5.41) is 2.93. The fraction of sp³-hybridized carbons (Fsp3) is 0.409. The van der Waals surface area contributed by atoms with Gasteiger partial charge >= 0.3 is 0 Å². The zero-order valence-corrected chi connectivity index (χ0v) is 16.7. The molecule has 0 bridgehead atoms. The Morgan fingerprint density at radius 3 is 2.33 bits per heavy atom. The Morgan fingerprint density at radius 2 is 1.67 bits per heavy atom. The van der Waals surface area contributed by atoms with E-state index >= 15 is 0 Å². The maximum Gasteiger partial charge on any atom is 0.260 e. The molecular weight excluding hydrogens is 342 g/mol. The maximum atomic E-state index is 12.4. The van der Waals surface area contributed by atoms with Crippen LogP contribution in [0.25, 0.3) is 0 Å². The number of para-hydroxylation sites is 1. The minimum absolute atomic E-state index is 0.131. The summed E-state index contributed by atoms with van der Waals surface area (Å²) in [5.41, 5.74) is 2.16. The van der Waals surface area contributed by atoms with Gasteiger partial charge < -0.3 is 19.5 Å². The Balaban J connectivity index is 1.89. The molecule has 0 saturated carbocycles. The van der Waals surface area contributed by atoms with Gasteiger partial charge in [0.1, 0.15) is 5.75 Å². The smallest absolute Gasteiger partial charge is 0.260 e. The van der Waals surface area contributed by atoms with Crippen LogP contribution >= 0.6 is 0 Å². The number of hydrogen-bond acceptors (Lipinski definition) is 4. The summed E-state index contributed by atoms with van der Waals surface area (Å²) in [6, 6.07) is 13.6. The minimum atomic E-state index is -0.560. The molecule has 2 aromatic carbocycles. The van der Waals surface area contributed by atoms with E-state index in [1.54, 1.807) is 21.1 Å². The summed E-state index contributed by atoms with van der Waals surface area (Å²) in [4.78, 5) is 12.4. The van der Waals surface area contributed by atoms with Crippen LogP contribution in [0, 0.1) is 0 Å². The van der Waals surface area contributed by atoms with Gasteiger partial charge in [0.15, 0.2) is 17.6 Å². The predicted molar refractivity (Wildman–Crippen MR) is 107 cm³/mol. The fourth-order valence-electron chi connectivity index (χ4n) is 2.82. The number of hydrogen-bond donors (Lipinski definition) is 1. The third kappa shape index (κ3) is 5.64. The fourth-order valence-corrected chi connectivity index (χ4v) is 2.82. The van der Waals surface area contributed by atoms with Crippen molar-refractivity contribution < 1.29 is 19.0 Å². The van der Waals surface area contributed by atoms with E-state index in [-0.39, 0.29) is 5.91 Å². The first kappa shape index (κ1) is 20.6. The van der Waals surface area contributed by atoms with Crippen molar-refractivity contribution in [2.75, 3.05) is 20.8 Å². The zero-order valence-electron chi connectivity index (χ0n) is 16.7. The number of carbonyl (C=O) groups excluding carboxylic acids is 1. The van der Waals surface area contributed by atoms with Crippen molar-refractivity contribution in [3.8, 4) is 17.2 Å². The Kier molecular flexibility index (Phi) is 7.53. The monoisotopic (exact) mass is 371 g/mol. The van der Waals surface area contributed by atoms with Crippen molar-refractivity contribution in [1.82, 2.24) is 5.32 Å². The third-order valence-electron chi connectivity index (χ3n) is 4.37. The van der Waals surface area contributed by atoms with E-state index < -0.39 is 6.10 Å². The van der Waals surface area contributed by atoms with Gasteiger partial charge in [-0.15, -0.1) is 0 Å². The second-order valence-corrected chi connectivity index (χ2v) is 6.68. The van der Waals surface area contributed by atoms with Crippen molar-refractivity contribution >= 4 is 5.91 Å². The Labute approximate surface area is 161 Å². The summed E-state index contributed by atoms with van der Waals surface area (Å²) in [6.07, 6.45) is 0.136. The van der Waals surface area contributed by atoms with E-state index in [4.69, 9.17) is 14.2 Å². The molecule has 1 amide bonds. The lowest BCUT2D eigenvalue weighted by molar-refractivity contribution is -0.127. The molecule has 0 spiro atoms. The Hall–Kier alpha value is -2.69. The van der Waals surface area contributed by atoms with E-state index in [0.717, 1.165) is 16.9 Å². The third-order valence-corrected chi connectivity index (χ3v) is 4.37. The van der Waals surface area contributed by atoms with Crippen molar-refractivity contribution in [2.45, 2.75) is 39.2 Å². The molecule has 0 aromatic heterocycles. The number of benzene rings is 2. The normalized spacial score (nSPS) is 11.8. The van der Waals surface area contributed by atoms with Gasteiger partial charge in [-0.3, -0.25) is 4.79 Å². The lowest BCUT2D eigenvalue weighted by Gasteiger charge is -2.18. The minimum Gasteiger partial charge on any atom is -0.493 e. The van der Waals surface area contributed by atoms with Gasteiger partial charge in [-0.2, -0.15) is 0 Å². The summed E-state index contributed by atoms with van der Waals surface area (Å²) in [5.74, 6) is 2.34. The molecule has 1 N–H and O–H groups in total. The molecule has 5 nitrogen and oxygen atoms in total. The van der Waals surface area contributed by atoms with Gasteiger partial charge in [0, 0.05) is 6.54 Å². The van der Waals surface area contributed by atoms with Crippen molar-refractivity contribution in [2.24, 2.45) is 0 Å². The maximum absolute atomic E-state index is 12.4. The number of ether oxygens (including phenoxy) is 3. The molecule has 146 valence electrons. The number of rotatable bonds is 9. The summed E-state index contributed by atoms with van der Waals surface area (Å²) in [7, 11) is 3.22. The van der Waals surface area contributed by atoms with Gasteiger partial charge in [-0.05, 0) is 48.6 Å². The van der Waals surface area contributed by atoms with Crippen LogP contribution in [0.3, 0.4) is 0 Å². The number of amides is 1. The second kappa shape index (κ2) is 9.86. The number of nitrogens with one attached hydrogen (secondary N) is 1. The molecule has 27 heavy (non-hydrogen) atoms. The van der Waals surface area contributed by atoms with Crippen molar-refractivity contribution in [3.63, 3.8) is 0 Å². The molecule has 2 aromatic rings. The molecule has 2 rings (SSSR count). The first-order valence-corrected chi connectivity index (χ1v) is 9.20. The van der Waals surface area contributed by atoms with Crippen LogP contribution < -0.4 is 19.5 Å². The Bertz CT molecular complexity index is 758. The highest BCUT2D eigenvalue weighted by molar-refractivity contribution is 5.80. The van der Waals surface area contributed by atoms with Gasteiger partial charge in [0.25, 0.3) is 5.91 Å². The molecular formula is C22H29NO4. The van der Waals surface area contributed by atoms with E-state index in [2.05, 4.69) is 19.2 Å². The van der Waals surface area contributed by atoms with Crippen LogP contribution in [0.15, 0.2) is 42.5 Å². The molecule has 0 radical (unpaired) electrons. The van der Waals surface area contributed by atoms with Gasteiger partial charge in [0.2, 0.25) is 0 Å². The SMILES string of the molecule is COc1ccc(CCNC(=O)[C@H](C)Oc2ccccc2C(C)C)cc1OC. The first-order chi connectivity index (χ1) is 13.0. The van der Waals surface area contributed by atoms with Crippen LogP contribution in [-0.4, -0.2) is 32.8 Å². The van der Waals surface area contributed by atoms with E-state index in [1.165, 1.54) is 0 Å². The molecule has 0 unspecified atom stereocenters. The largest absolute Gasteiger partial charge is 0.493 e. The quantitative estimate of drug-likeness (QED) is 0.725. The van der Waals surface area contributed by atoms with Crippen LogP contribution in [0.4, 0.5) is 0 Å². The molecule has 0 fully saturated rings. The highest BCUT2D eigenvalue weighted by Crippen LogP contribution is 2.28. The second-order valence-electron chi connectivity index (χ2n) is 6.68. The molecule has 0 aliphatic carbocycles. The van der Waals surface area contributed by atoms with Gasteiger partial charge in [-0.1, -0.05) is 38.1 Å². The average Bonchev–Trinajstić information content (AvgIpc) is 2.67.